The molecule has 1 heterocycles. The third-order valence-electron chi connectivity index (χ3n) is 3.13. The number of Topliss-reactive ketones (excluding diaryl/α,β-unsaturated/α-hetero) is 1. The minimum Gasteiger partial charge on any atom is -0.293 e. The zero-order chi connectivity index (χ0) is 10.1. The van der Waals surface area contributed by atoms with Crippen molar-refractivity contribution in [3.8, 4) is 0 Å². The largest absolute Gasteiger partial charge is 0.293 e. The van der Waals surface area contributed by atoms with E-state index in [0.29, 0.717) is 11.7 Å². The Morgan fingerprint density at radius 3 is 2.50 bits per heavy atom. The van der Waals surface area contributed by atoms with Gasteiger partial charge in [0.15, 0.2) is 5.78 Å². The van der Waals surface area contributed by atoms with E-state index in [9.17, 15) is 4.79 Å². The average Bonchev–Trinajstić information content (AvgIpc) is 2.76. The third-order valence-corrected chi connectivity index (χ3v) is 4.30. The summed E-state index contributed by atoms with van der Waals surface area (Å²) in [7, 11) is 0. The second kappa shape index (κ2) is 3.85. The Morgan fingerprint density at radius 2 is 2.00 bits per heavy atom. The third kappa shape index (κ3) is 1.76. The zero-order valence-corrected chi connectivity index (χ0v) is 9.62. The van der Waals surface area contributed by atoms with Crippen molar-refractivity contribution in [1.29, 1.82) is 0 Å². The molecular formula is C12H16OS. The molecular weight excluding hydrogens is 192 g/mol. The molecule has 0 aromatic carbocycles. The van der Waals surface area contributed by atoms with Crippen molar-refractivity contribution in [1.82, 2.24) is 0 Å². The maximum atomic E-state index is 12.0. The van der Waals surface area contributed by atoms with Gasteiger partial charge in [-0.05, 0) is 38.3 Å². The number of ketones is 1. The van der Waals surface area contributed by atoms with E-state index < -0.39 is 0 Å². The van der Waals surface area contributed by atoms with Crippen molar-refractivity contribution in [2.75, 3.05) is 0 Å². The van der Waals surface area contributed by atoms with Crippen molar-refractivity contribution < 1.29 is 4.79 Å². The minimum atomic E-state index is 0.326. The number of carbonyl (C=O) groups is 1. The average molecular weight is 208 g/mol. The second-order valence-electron chi connectivity index (χ2n) is 4.20. The number of aryl methyl sites for hydroxylation is 2. The van der Waals surface area contributed by atoms with Crippen LogP contribution in [0.15, 0.2) is 6.07 Å². The molecule has 0 spiro atoms. The molecule has 1 saturated carbocycles. The fourth-order valence-corrected chi connectivity index (χ4v) is 3.14. The maximum absolute atomic E-state index is 12.0. The highest BCUT2D eigenvalue weighted by Gasteiger charge is 2.24. The summed E-state index contributed by atoms with van der Waals surface area (Å²) < 4.78 is 0. The summed E-state index contributed by atoms with van der Waals surface area (Å²) in [5, 5.41) is 0. The molecule has 14 heavy (non-hydrogen) atoms. The minimum absolute atomic E-state index is 0.326. The quantitative estimate of drug-likeness (QED) is 0.677. The van der Waals surface area contributed by atoms with Crippen LogP contribution in [0.5, 0.6) is 0 Å². The summed E-state index contributed by atoms with van der Waals surface area (Å²) in [4.78, 5) is 14.3. The van der Waals surface area contributed by atoms with E-state index in [1.54, 1.807) is 11.3 Å². The summed E-state index contributed by atoms with van der Waals surface area (Å²) in [5.74, 6) is 0.719. The first-order chi connectivity index (χ1) is 6.68. The van der Waals surface area contributed by atoms with Crippen LogP contribution in [0.25, 0.3) is 0 Å². The molecule has 1 aromatic rings. The van der Waals surface area contributed by atoms with E-state index in [1.807, 2.05) is 0 Å². The van der Waals surface area contributed by atoms with Gasteiger partial charge in [-0.1, -0.05) is 12.8 Å². The Morgan fingerprint density at radius 1 is 1.36 bits per heavy atom. The van der Waals surface area contributed by atoms with Gasteiger partial charge in [-0.3, -0.25) is 4.79 Å². The Labute approximate surface area is 89.1 Å². The highest BCUT2D eigenvalue weighted by molar-refractivity contribution is 7.14. The van der Waals surface area contributed by atoms with Crippen LogP contribution in [0.1, 0.15) is 45.8 Å². The molecule has 0 aliphatic heterocycles. The fraction of sp³-hybridized carbons (Fsp3) is 0.583. The number of thiophene rings is 1. The van der Waals surface area contributed by atoms with E-state index >= 15 is 0 Å². The highest BCUT2D eigenvalue weighted by atomic mass is 32.1. The fourth-order valence-electron chi connectivity index (χ4n) is 2.08. The van der Waals surface area contributed by atoms with Crippen LogP contribution < -0.4 is 0 Å². The lowest BCUT2D eigenvalue weighted by molar-refractivity contribution is 0.0927. The van der Waals surface area contributed by atoms with Crippen LogP contribution >= 0.6 is 11.3 Å². The van der Waals surface area contributed by atoms with E-state index in [2.05, 4.69) is 19.9 Å². The standard InChI is InChI=1S/C12H16OS/c1-8-7-11(14-9(8)2)12(13)10-5-3-4-6-10/h7,10H,3-6H2,1-2H3. The molecule has 0 atom stereocenters. The molecule has 76 valence electrons. The molecule has 0 bridgehead atoms. The predicted molar refractivity (Wildman–Crippen MR) is 60.1 cm³/mol. The lowest BCUT2D eigenvalue weighted by Crippen LogP contribution is -2.08. The molecule has 0 N–H and O–H groups in total. The zero-order valence-electron chi connectivity index (χ0n) is 8.80. The van der Waals surface area contributed by atoms with Crippen LogP contribution in [0.3, 0.4) is 0 Å². The maximum Gasteiger partial charge on any atom is 0.175 e. The number of carbonyl (C=O) groups excluding carboxylic acids is 1. The number of rotatable bonds is 2. The van der Waals surface area contributed by atoms with Crippen LogP contribution in [0.4, 0.5) is 0 Å². The molecule has 2 heteroatoms. The Bertz CT molecular complexity index is 326. The van der Waals surface area contributed by atoms with Gasteiger partial charge in [0.25, 0.3) is 0 Å². The Balaban J connectivity index is 2.18. The van der Waals surface area contributed by atoms with Crippen LogP contribution in [0, 0.1) is 19.8 Å². The van der Waals surface area contributed by atoms with Gasteiger partial charge < -0.3 is 0 Å². The highest BCUT2D eigenvalue weighted by Crippen LogP contribution is 2.31. The van der Waals surface area contributed by atoms with Gasteiger partial charge in [0.05, 0.1) is 4.88 Å². The van der Waals surface area contributed by atoms with Crippen molar-refractivity contribution in [3.05, 3.63) is 21.4 Å². The van der Waals surface area contributed by atoms with E-state index in [0.717, 1.165) is 17.7 Å². The smallest absolute Gasteiger partial charge is 0.175 e. The Kier molecular flexibility index (Phi) is 2.73. The van der Waals surface area contributed by atoms with Gasteiger partial charge in [-0.15, -0.1) is 11.3 Å². The van der Waals surface area contributed by atoms with Crippen molar-refractivity contribution in [3.63, 3.8) is 0 Å². The topological polar surface area (TPSA) is 17.1 Å². The molecule has 1 aliphatic carbocycles. The molecule has 0 unspecified atom stereocenters. The van der Waals surface area contributed by atoms with Crippen LogP contribution in [-0.4, -0.2) is 5.78 Å². The Hall–Kier alpha value is -0.630. The van der Waals surface area contributed by atoms with Crippen LogP contribution in [-0.2, 0) is 0 Å². The first kappa shape index (κ1) is 9.91. The van der Waals surface area contributed by atoms with Crippen molar-refractivity contribution in [2.24, 2.45) is 5.92 Å². The van der Waals surface area contributed by atoms with E-state index in [1.165, 1.54) is 23.3 Å². The van der Waals surface area contributed by atoms with Gasteiger partial charge in [0, 0.05) is 10.8 Å². The molecule has 1 fully saturated rings. The molecule has 1 aliphatic rings. The van der Waals surface area contributed by atoms with Gasteiger partial charge >= 0.3 is 0 Å². The molecule has 0 amide bonds. The predicted octanol–water partition coefficient (Wildman–Crippen LogP) is 3.74. The molecule has 0 saturated heterocycles. The lowest BCUT2D eigenvalue weighted by Gasteiger charge is -2.04. The van der Waals surface area contributed by atoms with E-state index in [-0.39, 0.29) is 0 Å². The lowest BCUT2D eigenvalue weighted by atomic mass is 10.0. The number of hydrogen-bond acceptors (Lipinski definition) is 2. The SMILES string of the molecule is Cc1cc(C(=O)C2CCCC2)sc1C. The molecule has 0 radical (unpaired) electrons. The number of hydrogen-bond donors (Lipinski definition) is 0. The molecule has 1 aromatic heterocycles. The van der Waals surface area contributed by atoms with Crippen molar-refractivity contribution >= 4 is 17.1 Å². The van der Waals surface area contributed by atoms with Crippen molar-refractivity contribution in [2.45, 2.75) is 39.5 Å². The van der Waals surface area contributed by atoms with Gasteiger partial charge in [-0.2, -0.15) is 0 Å². The molecule has 2 rings (SSSR count). The summed E-state index contributed by atoms with van der Waals surface area (Å²) in [6, 6.07) is 2.06. The van der Waals surface area contributed by atoms with Gasteiger partial charge in [0.2, 0.25) is 0 Å². The first-order valence-electron chi connectivity index (χ1n) is 5.29. The monoisotopic (exact) mass is 208 g/mol. The van der Waals surface area contributed by atoms with E-state index in [4.69, 9.17) is 0 Å². The normalized spacial score (nSPS) is 17.6. The van der Waals surface area contributed by atoms with Gasteiger partial charge in [-0.25, -0.2) is 0 Å². The van der Waals surface area contributed by atoms with Crippen LogP contribution in [0.2, 0.25) is 0 Å². The first-order valence-corrected chi connectivity index (χ1v) is 6.11. The summed E-state index contributed by atoms with van der Waals surface area (Å²) >= 11 is 1.66. The van der Waals surface area contributed by atoms with Gasteiger partial charge in [0.1, 0.15) is 0 Å². The molecule has 1 nitrogen and oxygen atoms in total. The summed E-state index contributed by atoms with van der Waals surface area (Å²) in [6.07, 6.45) is 4.68. The second-order valence-corrected chi connectivity index (χ2v) is 5.45. The summed E-state index contributed by atoms with van der Waals surface area (Å²) in [6.45, 7) is 4.17. The summed E-state index contributed by atoms with van der Waals surface area (Å²) in [5.41, 5.74) is 1.26.